The first-order valence-electron chi connectivity index (χ1n) is 7.88. The third kappa shape index (κ3) is 9.75. The maximum absolute atomic E-state index is 5.05. The lowest BCUT2D eigenvalue weighted by atomic mass is 10.1. The number of methoxy groups -OCH3 is 1. The number of hydrogen-bond donors (Lipinski definition) is 2. The van der Waals surface area contributed by atoms with Crippen molar-refractivity contribution in [3.63, 3.8) is 0 Å². The van der Waals surface area contributed by atoms with E-state index < -0.39 is 0 Å². The summed E-state index contributed by atoms with van der Waals surface area (Å²) in [5.41, 5.74) is -0.0295. The highest BCUT2D eigenvalue weighted by molar-refractivity contribution is 14.0. The van der Waals surface area contributed by atoms with Gasteiger partial charge in [0.2, 0.25) is 0 Å². The van der Waals surface area contributed by atoms with E-state index in [1.165, 1.54) is 0 Å². The largest absolute Gasteiger partial charge is 0.385 e. The maximum atomic E-state index is 5.05. The van der Waals surface area contributed by atoms with Gasteiger partial charge in [-0.1, -0.05) is 6.92 Å². The molecule has 1 heterocycles. The Kier molecular flexibility index (Phi) is 11.2. The Morgan fingerprint density at radius 2 is 2.13 bits per heavy atom. The molecule has 0 aliphatic heterocycles. The molecule has 1 aromatic rings. The normalized spacial score (nSPS) is 12.0. The Bertz CT molecular complexity index is 455. The van der Waals surface area contributed by atoms with E-state index >= 15 is 0 Å². The van der Waals surface area contributed by atoms with E-state index in [2.05, 4.69) is 58.1 Å². The standard InChI is InChI=1S/C15H30N6O.HI/c1-6-13-20-18-12-21(13)10-9-17-14(19-15(2,3)4)16-8-7-11-22-5;/h12H,6-11H2,1-5H3,(H2,16,17,19);1H. The summed E-state index contributed by atoms with van der Waals surface area (Å²) in [5.74, 6) is 1.83. The zero-order chi connectivity index (χ0) is 16.4. The highest BCUT2D eigenvalue weighted by atomic mass is 127. The van der Waals surface area contributed by atoms with Gasteiger partial charge >= 0.3 is 0 Å². The van der Waals surface area contributed by atoms with E-state index in [1.807, 2.05) is 0 Å². The van der Waals surface area contributed by atoms with Crippen molar-refractivity contribution in [1.29, 1.82) is 0 Å². The highest BCUT2D eigenvalue weighted by Crippen LogP contribution is 1.99. The lowest BCUT2D eigenvalue weighted by Crippen LogP contribution is -2.48. The molecule has 1 rings (SSSR count). The molecule has 23 heavy (non-hydrogen) atoms. The van der Waals surface area contributed by atoms with Crippen molar-refractivity contribution in [2.75, 3.05) is 26.8 Å². The molecule has 0 fully saturated rings. The van der Waals surface area contributed by atoms with Crippen molar-refractivity contribution in [2.24, 2.45) is 4.99 Å². The second-order valence-electron chi connectivity index (χ2n) is 6.17. The van der Waals surface area contributed by atoms with Gasteiger partial charge in [-0.3, -0.25) is 4.99 Å². The fraction of sp³-hybridized carbons (Fsp3) is 0.800. The minimum absolute atomic E-state index is 0. The fourth-order valence-corrected chi connectivity index (χ4v) is 1.93. The predicted molar refractivity (Wildman–Crippen MR) is 105 cm³/mol. The number of guanidine groups is 1. The zero-order valence-electron chi connectivity index (χ0n) is 14.9. The summed E-state index contributed by atoms with van der Waals surface area (Å²) in [6.07, 6.45) is 3.57. The van der Waals surface area contributed by atoms with E-state index in [-0.39, 0.29) is 29.5 Å². The van der Waals surface area contributed by atoms with Crippen LogP contribution in [-0.2, 0) is 17.7 Å². The van der Waals surface area contributed by atoms with Crippen LogP contribution in [0.1, 0.15) is 39.9 Å². The van der Waals surface area contributed by atoms with Gasteiger partial charge in [0.05, 0.1) is 0 Å². The number of rotatable bonds is 8. The quantitative estimate of drug-likeness (QED) is 0.280. The molecule has 0 aliphatic carbocycles. The number of hydrogen-bond acceptors (Lipinski definition) is 4. The van der Waals surface area contributed by atoms with E-state index in [0.717, 1.165) is 50.9 Å². The van der Waals surface area contributed by atoms with Crippen molar-refractivity contribution >= 4 is 29.9 Å². The van der Waals surface area contributed by atoms with Crippen LogP contribution in [0.2, 0.25) is 0 Å². The van der Waals surface area contributed by atoms with Crippen molar-refractivity contribution < 1.29 is 4.74 Å². The van der Waals surface area contributed by atoms with Crippen LogP contribution >= 0.6 is 24.0 Å². The lowest BCUT2D eigenvalue weighted by Gasteiger charge is -2.24. The van der Waals surface area contributed by atoms with Crippen LogP contribution in [-0.4, -0.2) is 53.1 Å². The molecule has 0 aliphatic rings. The number of aryl methyl sites for hydroxylation is 1. The first-order chi connectivity index (χ1) is 10.5. The van der Waals surface area contributed by atoms with Crippen LogP contribution in [0.25, 0.3) is 0 Å². The molecule has 8 heteroatoms. The molecule has 0 saturated carbocycles. The van der Waals surface area contributed by atoms with Crippen molar-refractivity contribution in [3.8, 4) is 0 Å². The van der Waals surface area contributed by atoms with E-state index in [4.69, 9.17) is 4.74 Å². The van der Waals surface area contributed by atoms with Gasteiger partial charge < -0.3 is 19.9 Å². The lowest BCUT2D eigenvalue weighted by molar-refractivity contribution is 0.197. The molecule has 134 valence electrons. The Morgan fingerprint density at radius 3 is 2.74 bits per heavy atom. The average molecular weight is 438 g/mol. The summed E-state index contributed by atoms with van der Waals surface area (Å²) in [7, 11) is 1.71. The summed E-state index contributed by atoms with van der Waals surface area (Å²) < 4.78 is 7.12. The number of nitrogens with one attached hydrogen (secondary N) is 2. The van der Waals surface area contributed by atoms with Gasteiger partial charge in [-0.2, -0.15) is 0 Å². The van der Waals surface area contributed by atoms with Crippen molar-refractivity contribution in [1.82, 2.24) is 25.4 Å². The summed E-state index contributed by atoms with van der Waals surface area (Å²) in [5, 5.41) is 14.8. The van der Waals surface area contributed by atoms with Crippen molar-refractivity contribution in [3.05, 3.63) is 12.2 Å². The molecule has 0 atom stereocenters. The number of aliphatic imine (C=N–C) groups is 1. The van der Waals surface area contributed by atoms with Crippen LogP contribution in [0.15, 0.2) is 11.3 Å². The second kappa shape index (κ2) is 11.6. The second-order valence-corrected chi connectivity index (χ2v) is 6.17. The van der Waals surface area contributed by atoms with Crippen LogP contribution < -0.4 is 10.6 Å². The van der Waals surface area contributed by atoms with Gasteiger partial charge in [-0.25, -0.2) is 0 Å². The zero-order valence-corrected chi connectivity index (χ0v) is 17.3. The van der Waals surface area contributed by atoms with Crippen LogP contribution in [0.5, 0.6) is 0 Å². The topological polar surface area (TPSA) is 76.4 Å². The van der Waals surface area contributed by atoms with Crippen LogP contribution in [0.3, 0.4) is 0 Å². The molecule has 7 nitrogen and oxygen atoms in total. The molecular weight excluding hydrogens is 407 g/mol. The molecule has 2 N–H and O–H groups in total. The first kappa shape index (κ1) is 22.1. The number of halogens is 1. The molecule has 0 amide bonds. The Hall–Kier alpha value is -0.900. The number of nitrogens with zero attached hydrogens (tertiary/aromatic N) is 4. The van der Waals surface area contributed by atoms with Crippen LogP contribution in [0.4, 0.5) is 0 Å². The third-order valence-electron chi connectivity index (χ3n) is 2.93. The van der Waals surface area contributed by atoms with Gasteiger partial charge in [0.25, 0.3) is 0 Å². The number of aromatic nitrogens is 3. The van der Waals surface area contributed by atoms with Gasteiger partial charge in [-0.05, 0) is 27.2 Å². The minimum atomic E-state index is -0.0295. The van der Waals surface area contributed by atoms with E-state index in [0.29, 0.717) is 0 Å². The molecule has 0 unspecified atom stereocenters. The first-order valence-corrected chi connectivity index (χ1v) is 7.88. The molecule has 0 bridgehead atoms. The third-order valence-corrected chi connectivity index (χ3v) is 2.93. The summed E-state index contributed by atoms with van der Waals surface area (Å²) in [6.45, 7) is 11.5. The molecular formula is C15H31IN6O. The molecule has 0 saturated heterocycles. The van der Waals surface area contributed by atoms with E-state index in [9.17, 15) is 0 Å². The van der Waals surface area contributed by atoms with Crippen molar-refractivity contribution in [2.45, 2.75) is 52.6 Å². The summed E-state index contributed by atoms with van der Waals surface area (Å²) in [4.78, 5) is 4.58. The molecule has 0 spiro atoms. The summed E-state index contributed by atoms with van der Waals surface area (Å²) in [6, 6.07) is 0. The number of ether oxygens (including phenoxy) is 1. The van der Waals surface area contributed by atoms with Gasteiger partial charge in [0.15, 0.2) is 5.96 Å². The summed E-state index contributed by atoms with van der Waals surface area (Å²) >= 11 is 0. The Balaban J connectivity index is 0.00000484. The van der Waals surface area contributed by atoms with E-state index in [1.54, 1.807) is 13.4 Å². The van der Waals surface area contributed by atoms with Gasteiger partial charge in [0.1, 0.15) is 12.2 Å². The SMILES string of the molecule is CCc1nncn1CCNC(=NCCCOC)NC(C)(C)C.I. The van der Waals surface area contributed by atoms with Gasteiger partial charge in [-0.15, -0.1) is 34.2 Å². The average Bonchev–Trinajstić information content (AvgIpc) is 2.89. The fourth-order valence-electron chi connectivity index (χ4n) is 1.93. The minimum Gasteiger partial charge on any atom is -0.385 e. The molecule has 0 radical (unpaired) electrons. The Labute approximate surface area is 156 Å². The highest BCUT2D eigenvalue weighted by Gasteiger charge is 2.12. The van der Waals surface area contributed by atoms with Gasteiger partial charge in [0, 0.05) is 45.3 Å². The predicted octanol–water partition coefficient (Wildman–Crippen LogP) is 1.83. The van der Waals surface area contributed by atoms with Crippen LogP contribution in [0, 0.1) is 0 Å². The maximum Gasteiger partial charge on any atom is 0.191 e. The molecule has 0 aromatic carbocycles. The smallest absolute Gasteiger partial charge is 0.191 e. The monoisotopic (exact) mass is 438 g/mol. The Morgan fingerprint density at radius 1 is 1.39 bits per heavy atom. The molecule has 1 aromatic heterocycles.